The van der Waals surface area contributed by atoms with Gasteiger partial charge in [-0.25, -0.2) is 9.59 Å². The van der Waals surface area contributed by atoms with Crippen molar-refractivity contribution < 1.29 is 29.0 Å². The maximum absolute atomic E-state index is 13.3. The van der Waals surface area contributed by atoms with Gasteiger partial charge in [-0.05, 0) is 37.3 Å². The molecule has 1 aliphatic rings. The molecule has 148 valence electrons. The van der Waals surface area contributed by atoms with Crippen molar-refractivity contribution in [1.82, 2.24) is 4.57 Å². The van der Waals surface area contributed by atoms with Crippen LogP contribution >= 0.6 is 0 Å². The predicted molar refractivity (Wildman–Crippen MR) is 105 cm³/mol. The Morgan fingerprint density at radius 1 is 1.10 bits per heavy atom. The quantitative estimate of drug-likeness (QED) is 0.393. The molecule has 0 spiro atoms. The van der Waals surface area contributed by atoms with Crippen LogP contribution in [0.2, 0.25) is 0 Å². The zero-order chi connectivity index (χ0) is 20.7. The van der Waals surface area contributed by atoms with Crippen LogP contribution in [0.15, 0.2) is 42.5 Å². The fraction of sp³-hybridized carbons (Fsp3) is 0.227. The van der Waals surface area contributed by atoms with E-state index in [4.69, 9.17) is 4.74 Å². The van der Waals surface area contributed by atoms with Gasteiger partial charge in [0.2, 0.25) is 0 Å². The largest absolute Gasteiger partial charge is 0.478 e. The highest BCUT2D eigenvalue weighted by Crippen LogP contribution is 2.31. The maximum Gasteiger partial charge on any atom is 0.337 e. The Labute approximate surface area is 166 Å². The normalized spacial score (nSPS) is 15.3. The smallest absolute Gasteiger partial charge is 0.337 e. The lowest BCUT2D eigenvalue weighted by molar-refractivity contribution is 0.0599. The third-order valence-electron chi connectivity index (χ3n) is 5.15. The van der Waals surface area contributed by atoms with E-state index in [1.54, 1.807) is 18.2 Å². The number of carbonyl (C=O) groups is 3. The van der Waals surface area contributed by atoms with Gasteiger partial charge in [0.1, 0.15) is 0 Å². The van der Waals surface area contributed by atoms with Crippen molar-refractivity contribution in [3.8, 4) is 0 Å². The molecule has 0 aliphatic carbocycles. The van der Waals surface area contributed by atoms with Gasteiger partial charge in [0.15, 0.2) is 5.78 Å². The van der Waals surface area contributed by atoms with E-state index >= 15 is 0 Å². The lowest BCUT2D eigenvalue weighted by Crippen LogP contribution is -2.09. The third-order valence-corrected chi connectivity index (χ3v) is 5.15. The topological polar surface area (TPSA) is 98.1 Å². The molecule has 2 aromatic carbocycles. The zero-order valence-electron chi connectivity index (χ0n) is 16.0. The molecule has 0 radical (unpaired) electrons. The minimum absolute atomic E-state index is 0.103. The van der Waals surface area contributed by atoms with Gasteiger partial charge in [0, 0.05) is 22.2 Å². The number of nitrogens with zero attached hydrogens (tertiary/aromatic N) is 1. The van der Waals surface area contributed by atoms with E-state index in [1.165, 1.54) is 31.4 Å². The Kier molecular flexibility index (Phi) is 4.68. The van der Waals surface area contributed by atoms with Gasteiger partial charge in [-0.15, -0.1) is 0 Å². The molecule has 1 N–H and O–H groups in total. The number of benzene rings is 2. The summed E-state index contributed by atoms with van der Waals surface area (Å²) in [7, 11) is 1.29. The van der Waals surface area contributed by atoms with Crippen LogP contribution < -0.4 is 0 Å². The van der Waals surface area contributed by atoms with E-state index in [1.807, 2.05) is 11.5 Å². The number of epoxide rings is 1. The summed E-state index contributed by atoms with van der Waals surface area (Å²) in [6.07, 6.45) is 0.103. The number of rotatable bonds is 6. The van der Waals surface area contributed by atoms with E-state index in [0.717, 1.165) is 11.2 Å². The monoisotopic (exact) mass is 393 g/mol. The summed E-state index contributed by atoms with van der Waals surface area (Å²) in [6, 6.07) is 11.0. The fourth-order valence-electron chi connectivity index (χ4n) is 3.53. The number of aromatic carboxylic acids is 1. The SMILES string of the molecule is COC(=O)c1ccc(C(=O)c2c(C)n(CC3CO3)c3ccc(C(=O)O)cc23)cc1. The van der Waals surface area contributed by atoms with E-state index in [2.05, 4.69) is 4.74 Å². The van der Waals surface area contributed by atoms with Gasteiger partial charge in [0.05, 0.1) is 43.1 Å². The molecule has 7 nitrogen and oxygen atoms in total. The van der Waals surface area contributed by atoms with Crippen LogP contribution in [0.5, 0.6) is 0 Å². The minimum Gasteiger partial charge on any atom is -0.478 e. The Morgan fingerprint density at radius 3 is 2.31 bits per heavy atom. The van der Waals surface area contributed by atoms with Gasteiger partial charge >= 0.3 is 11.9 Å². The Bertz CT molecular complexity index is 1140. The number of fused-ring (bicyclic) bond motifs is 1. The van der Waals surface area contributed by atoms with Crippen LogP contribution in [-0.2, 0) is 16.0 Å². The summed E-state index contributed by atoms with van der Waals surface area (Å²) >= 11 is 0. The summed E-state index contributed by atoms with van der Waals surface area (Å²) in [5.41, 5.74) is 2.87. The van der Waals surface area contributed by atoms with Gasteiger partial charge in [-0.1, -0.05) is 12.1 Å². The number of aromatic nitrogens is 1. The van der Waals surface area contributed by atoms with Crippen LogP contribution in [-0.4, -0.2) is 47.2 Å². The van der Waals surface area contributed by atoms with Gasteiger partial charge < -0.3 is 19.1 Å². The van der Waals surface area contributed by atoms with Crippen molar-refractivity contribution >= 4 is 28.6 Å². The first-order chi connectivity index (χ1) is 13.9. The van der Waals surface area contributed by atoms with Crippen molar-refractivity contribution in [2.45, 2.75) is 19.6 Å². The summed E-state index contributed by atoms with van der Waals surface area (Å²) < 4.78 is 12.0. The van der Waals surface area contributed by atoms with E-state index in [0.29, 0.717) is 35.2 Å². The van der Waals surface area contributed by atoms with Crippen LogP contribution in [0.3, 0.4) is 0 Å². The summed E-state index contributed by atoms with van der Waals surface area (Å²) in [4.78, 5) is 36.4. The molecule has 1 unspecified atom stereocenters. The summed E-state index contributed by atoms with van der Waals surface area (Å²) in [5.74, 6) is -1.77. The van der Waals surface area contributed by atoms with E-state index in [9.17, 15) is 19.5 Å². The number of methoxy groups -OCH3 is 1. The molecule has 1 fully saturated rings. The van der Waals surface area contributed by atoms with E-state index in [-0.39, 0.29) is 17.5 Å². The van der Waals surface area contributed by atoms with Gasteiger partial charge in [-0.2, -0.15) is 0 Å². The Morgan fingerprint density at radius 2 is 1.72 bits per heavy atom. The maximum atomic E-state index is 13.3. The number of carbonyl (C=O) groups excluding carboxylic acids is 2. The lowest BCUT2D eigenvalue weighted by atomic mass is 9.98. The summed E-state index contributed by atoms with van der Waals surface area (Å²) in [6.45, 7) is 3.12. The molecule has 0 saturated carbocycles. The second-order valence-electron chi connectivity index (χ2n) is 6.96. The van der Waals surface area contributed by atoms with Crippen LogP contribution in [0.4, 0.5) is 0 Å². The minimum atomic E-state index is -1.05. The molecular formula is C22H19NO6. The second-order valence-corrected chi connectivity index (χ2v) is 6.96. The number of esters is 1. The second kappa shape index (κ2) is 7.18. The molecule has 2 heterocycles. The van der Waals surface area contributed by atoms with Crippen LogP contribution in [0.25, 0.3) is 10.9 Å². The Hall–Kier alpha value is -3.45. The first-order valence-electron chi connectivity index (χ1n) is 9.11. The lowest BCUT2D eigenvalue weighted by Gasteiger charge is -2.07. The first-order valence-corrected chi connectivity index (χ1v) is 9.11. The number of carboxylic acid groups (broad SMARTS) is 1. The van der Waals surface area contributed by atoms with E-state index < -0.39 is 11.9 Å². The molecular weight excluding hydrogens is 374 g/mol. The average molecular weight is 393 g/mol. The standard InChI is InChI=1S/C22H19NO6/c1-12-19(20(24)13-3-5-14(6-4-13)22(27)28-2)17-9-15(21(25)26)7-8-18(17)23(12)10-16-11-29-16/h3-9,16H,10-11H2,1-2H3,(H,25,26). The molecule has 1 saturated heterocycles. The van der Waals surface area contributed by atoms with Crippen molar-refractivity contribution in [3.63, 3.8) is 0 Å². The molecule has 29 heavy (non-hydrogen) atoms. The molecule has 7 heteroatoms. The molecule has 0 bridgehead atoms. The highest BCUT2D eigenvalue weighted by Gasteiger charge is 2.28. The van der Waals surface area contributed by atoms with Crippen molar-refractivity contribution in [2.75, 3.05) is 13.7 Å². The molecule has 1 aromatic heterocycles. The predicted octanol–water partition coefficient (Wildman–Crippen LogP) is 3.06. The number of ether oxygens (including phenoxy) is 2. The zero-order valence-corrected chi connectivity index (χ0v) is 16.0. The summed E-state index contributed by atoms with van der Waals surface area (Å²) in [5, 5.41) is 9.96. The van der Waals surface area contributed by atoms with Gasteiger partial charge in [-0.3, -0.25) is 4.79 Å². The fourth-order valence-corrected chi connectivity index (χ4v) is 3.53. The van der Waals surface area contributed by atoms with Crippen molar-refractivity contribution in [2.24, 2.45) is 0 Å². The highest BCUT2D eigenvalue weighted by molar-refractivity contribution is 6.18. The van der Waals surface area contributed by atoms with Crippen molar-refractivity contribution in [3.05, 3.63) is 70.4 Å². The number of carboxylic acids is 1. The number of hydrogen-bond donors (Lipinski definition) is 1. The molecule has 1 aliphatic heterocycles. The number of ketones is 1. The van der Waals surface area contributed by atoms with Crippen molar-refractivity contribution in [1.29, 1.82) is 0 Å². The Balaban J connectivity index is 1.83. The highest BCUT2D eigenvalue weighted by atomic mass is 16.6. The van der Waals surface area contributed by atoms with Crippen LogP contribution in [0.1, 0.15) is 42.3 Å². The van der Waals surface area contributed by atoms with Crippen LogP contribution in [0, 0.1) is 6.92 Å². The first kappa shape index (κ1) is 18.9. The number of hydrogen-bond acceptors (Lipinski definition) is 5. The third kappa shape index (κ3) is 3.40. The molecule has 0 amide bonds. The van der Waals surface area contributed by atoms with Gasteiger partial charge in [0.25, 0.3) is 0 Å². The molecule has 1 atom stereocenters. The molecule has 3 aromatic rings. The molecule has 4 rings (SSSR count). The average Bonchev–Trinajstić information content (AvgIpc) is 3.51.